The highest BCUT2D eigenvalue weighted by Gasteiger charge is 2.13. The number of nitrogens with zero attached hydrogens (tertiary/aromatic N) is 3. The number of nitro groups is 1. The second kappa shape index (κ2) is 8.78. The van der Waals surface area contributed by atoms with E-state index >= 15 is 0 Å². The lowest BCUT2D eigenvalue weighted by Gasteiger charge is -2.12. The van der Waals surface area contributed by atoms with Crippen molar-refractivity contribution in [1.29, 1.82) is 0 Å². The van der Waals surface area contributed by atoms with Crippen LogP contribution in [-0.4, -0.2) is 29.8 Å². The molecule has 1 aromatic heterocycles. The summed E-state index contributed by atoms with van der Waals surface area (Å²) in [6.45, 7) is 3.94. The SMILES string of the molecule is C=CCOc1c(Br)cc(/C=N\Nc2ncccc2[N+](=O)[O-])cc1OC. The van der Waals surface area contributed by atoms with Crippen LogP contribution >= 0.6 is 15.9 Å². The average molecular weight is 407 g/mol. The molecular formula is C16H15BrN4O4. The Morgan fingerprint density at radius 3 is 3.00 bits per heavy atom. The number of nitrogens with one attached hydrogen (secondary N) is 1. The normalized spacial score (nSPS) is 10.5. The van der Waals surface area contributed by atoms with Gasteiger partial charge in [-0.05, 0) is 39.7 Å². The lowest BCUT2D eigenvalue weighted by atomic mass is 10.2. The fraction of sp³-hybridized carbons (Fsp3) is 0.125. The smallest absolute Gasteiger partial charge is 0.313 e. The van der Waals surface area contributed by atoms with Crippen molar-refractivity contribution in [2.45, 2.75) is 0 Å². The molecule has 0 spiro atoms. The van der Waals surface area contributed by atoms with E-state index < -0.39 is 4.92 Å². The highest BCUT2D eigenvalue weighted by molar-refractivity contribution is 9.10. The van der Waals surface area contributed by atoms with E-state index in [1.165, 1.54) is 31.7 Å². The van der Waals surface area contributed by atoms with Crippen LogP contribution in [-0.2, 0) is 0 Å². The number of pyridine rings is 1. The van der Waals surface area contributed by atoms with Gasteiger partial charge in [-0.15, -0.1) is 0 Å². The molecule has 0 aliphatic heterocycles. The number of halogens is 1. The van der Waals surface area contributed by atoms with Gasteiger partial charge >= 0.3 is 5.69 Å². The fourth-order valence-corrected chi connectivity index (χ4v) is 2.47. The maximum atomic E-state index is 10.9. The largest absolute Gasteiger partial charge is 0.493 e. The van der Waals surface area contributed by atoms with Gasteiger partial charge in [0, 0.05) is 12.3 Å². The molecule has 2 rings (SSSR count). The van der Waals surface area contributed by atoms with Crippen LogP contribution in [0.4, 0.5) is 11.5 Å². The van der Waals surface area contributed by atoms with Crippen molar-refractivity contribution in [3.63, 3.8) is 0 Å². The Hall–Kier alpha value is -2.94. The third-order valence-electron chi connectivity index (χ3n) is 2.96. The van der Waals surface area contributed by atoms with E-state index in [0.717, 1.165) is 0 Å². The molecule has 0 fully saturated rings. The van der Waals surface area contributed by atoms with E-state index in [1.54, 1.807) is 18.2 Å². The first-order chi connectivity index (χ1) is 12.1. The van der Waals surface area contributed by atoms with E-state index in [4.69, 9.17) is 9.47 Å². The number of benzene rings is 1. The van der Waals surface area contributed by atoms with Gasteiger partial charge in [-0.2, -0.15) is 5.10 Å². The van der Waals surface area contributed by atoms with Crippen LogP contribution in [0.1, 0.15) is 5.56 Å². The number of hydrogen-bond donors (Lipinski definition) is 1. The zero-order valence-electron chi connectivity index (χ0n) is 13.3. The monoisotopic (exact) mass is 406 g/mol. The first-order valence-electron chi connectivity index (χ1n) is 7.06. The van der Waals surface area contributed by atoms with E-state index in [-0.39, 0.29) is 11.5 Å². The number of rotatable bonds is 8. The van der Waals surface area contributed by atoms with Gasteiger partial charge in [0.05, 0.1) is 22.7 Å². The quantitative estimate of drug-likeness (QED) is 0.310. The van der Waals surface area contributed by atoms with E-state index in [1.807, 2.05) is 0 Å². The van der Waals surface area contributed by atoms with Gasteiger partial charge in [-0.3, -0.25) is 15.5 Å². The molecule has 0 aliphatic rings. The summed E-state index contributed by atoms with van der Waals surface area (Å²) in [5, 5.41) is 14.9. The van der Waals surface area contributed by atoms with Crippen molar-refractivity contribution < 1.29 is 14.4 Å². The van der Waals surface area contributed by atoms with Gasteiger partial charge in [-0.1, -0.05) is 12.7 Å². The number of hydrazone groups is 1. The average Bonchev–Trinajstić information content (AvgIpc) is 2.60. The number of aromatic nitrogens is 1. The summed E-state index contributed by atoms with van der Waals surface area (Å²) in [6.07, 6.45) is 4.56. The van der Waals surface area contributed by atoms with Gasteiger partial charge in [0.2, 0.25) is 5.82 Å². The summed E-state index contributed by atoms with van der Waals surface area (Å²) in [5.74, 6) is 1.12. The summed E-state index contributed by atoms with van der Waals surface area (Å²) < 4.78 is 11.5. The Balaban J connectivity index is 2.20. The summed E-state index contributed by atoms with van der Waals surface area (Å²) in [4.78, 5) is 14.3. The molecule has 0 radical (unpaired) electrons. The third-order valence-corrected chi connectivity index (χ3v) is 3.55. The Kier molecular flexibility index (Phi) is 6.47. The Morgan fingerprint density at radius 1 is 1.52 bits per heavy atom. The molecule has 0 saturated heterocycles. The van der Waals surface area contributed by atoms with Crippen LogP contribution in [0.5, 0.6) is 11.5 Å². The highest BCUT2D eigenvalue weighted by Crippen LogP contribution is 2.36. The second-order valence-corrected chi connectivity index (χ2v) is 5.49. The molecule has 0 unspecified atom stereocenters. The zero-order chi connectivity index (χ0) is 18.2. The van der Waals surface area contributed by atoms with E-state index in [2.05, 4.69) is 38.0 Å². The molecule has 1 N–H and O–H groups in total. The van der Waals surface area contributed by atoms with Crippen LogP contribution < -0.4 is 14.9 Å². The van der Waals surface area contributed by atoms with Crippen LogP contribution in [0, 0.1) is 10.1 Å². The highest BCUT2D eigenvalue weighted by atomic mass is 79.9. The van der Waals surface area contributed by atoms with Gasteiger partial charge < -0.3 is 9.47 Å². The number of hydrogen-bond acceptors (Lipinski definition) is 7. The minimum absolute atomic E-state index is 0.0562. The molecule has 0 aliphatic carbocycles. The van der Waals surface area contributed by atoms with Gasteiger partial charge in [-0.25, -0.2) is 4.98 Å². The van der Waals surface area contributed by atoms with Crippen LogP contribution in [0.3, 0.4) is 0 Å². The minimum Gasteiger partial charge on any atom is -0.493 e. The number of ether oxygens (including phenoxy) is 2. The molecule has 1 heterocycles. The topological polar surface area (TPSA) is 98.9 Å². The molecule has 1 aromatic carbocycles. The molecule has 0 bridgehead atoms. The van der Waals surface area contributed by atoms with Crippen molar-refractivity contribution in [2.24, 2.45) is 5.10 Å². The van der Waals surface area contributed by atoms with Crippen molar-refractivity contribution in [3.8, 4) is 11.5 Å². The molecule has 0 atom stereocenters. The molecule has 2 aromatic rings. The van der Waals surface area contributed by atoms with Crippen molar-refractivity contribution >= 4 is 33.6 Å². The van der Waals surface area contributed by atoms with Crippen molar-refractivity contribution in [1.82, 2.24) is 4.98 Å². The molecule has 0 saturated carbocycles. The standard InChI is InChI=1S/C16H15BrN4O4/c1-3-7-25-15-12(17)8-11(9-14(15)24-2)10-19-20-16-13(21(22)23)5-4-6-18-16/h3-6,8-10H,1,7H2,2H3,(H,18,20)/b19-10-. The molecule has 25 heavy (non-hydrogen) atoms. The lowest BCUT2D eigenvalue weighted by Crippen LogP contribution is -2.00. The lowest BCUT2D eigenvalue weighted by molar-refractivity contribution is -0.384. The zero-order valence-corrected chi connectivity index (χ0v) is 14.9. The number of methoxy groups -OCH3 is 1. The summed E-state index contributed by atoms with van der Waals surface area (Å²) in [7, 11) is 1.53. The van der Waals surface area contributed by atoms with Gasteiger partial charge in [0.25, 0.3) is 0 Å². The minimum atomic E-state index is -0.532. The Labute approximate surface area is 152 Å². The third kappa shape index (κ3) is 4.77. The van der Waals surface area contributed by atoms with Crippen LogP contribution in [0.2, 0.25) is 0 Å². The predicted molar refractivity (Wildman–Crippen MR) is 98.5 cm³/mol. The van der Waals surface area contributed by atoms with Crippen LogP contribution in [0.15, 0.2) is 52.7 Å². The molecule has 9 heteroatoms. The maximum Gasteiger partial charge on any atom is 0.313 e. The van der Waals surface area contributed by atoms with E-state index in [9.17, 15) is 10.1 Å². The molecule has 8 nitrogen and oxygen atoms in total. The van der Waals surface area contributed by atoms with Gasteiger partial charge in [0.1, 0.15) is 6.61 Å². The fourth-order valence-electron chi connectivity index (χ4n) is 1.89. The van der Waals surface area contributed by atoms with Crippen LogP contribution in [0.25, 0.3) is 0 Å². The Bertz CT molecular complexity index is 811. The summed E-state index contributed by atoms with van der Waals surface area (Å²) >= 11 is 3.41. The summed E-state index contributed by atoms with van der Waals surface area (Å²) in [5.41, 5.74) is 3.10. The second-order valence-electron chi connectivity index (χ2n) is 4.63. The molecule has 130 valence electrons. The first-order valence-corrected chi connectivity index (χ1v) is 7.85. The summed E-state index contributed by atoms with van der Waals surface area (Å²) in [6, 6.07) is 6.33. The van der Waals surface area contributed by atoms with Crippen molar-refractivity contribution in [2.75, 3.05) is 19.1 Å². The van der Waals surface area contributed by atoms with Gasteiger partial charge in [0.15, 0.2) is 11.5 Å². The number of anilines is 1. The molecular weight excluding hydrogens is 392 g/mol. The maximum absolute atomic E-state index is 10.9. The predicted octanol–water partition coefficient (Wildman–Crippen LogP) is 3.77. The molecule has 0 amide bonds. The Morgan fingerprint density at radius 2 is 2.32 bits per heavy atom. The van der Waals surface area contributed by atoms with E-state index in [0.29, 0.717) is 28.1 Å². The van der Waals surface area contributed by atoms with Crippen molar-refractivity contribution in [3.05, 3.63) is 63.3 Å². The first kappa shape index (κ1) is 18.4.